The number of hydrazine groups is 1. The summed E-state index contributed by atoms with van der Waals surface area (Å²) in [5.74, 6) is -0.119. The summed E-state index contributed by atoms with van der Waals surface area (Å²) in [5.41, 5.74) is 16.6. The number of ether oxygens (including phenoxy) is 1. The van der Waals surface area contributed by atoms with Crippen LogP contribution in [0.15, 0.2) is 35.1 Å². The quantitative estimate of drug-likeness (QED) is 0.451. The number of carbonyl (C=O) groups is 1. The zero-order valence-electron chi connectivity index (χ0n) is 15.9. The van der Waals surface area contributed by atoms with E-state index in [4.69, 9.17) is 16.2 Å². The largest absolute Gasteiger partial charge is 0.385 e. The van der Waals surface area contributed by atoms with Gasteiger partial charge in [-0.1, -0.05) is 6.08 Å². The second-order valence-electron chi connectivity index (χ2n) is 6.58. The van der Waals surface area contributed by atoms with Gasteiger partial charge >= 0.3 is 0 Å². The van der Waals surface area contributed by atoms with Crippen molar-refractivity contribution >= 4 is 29.6 Å². The first-order valence-electron chi connectivity index (χ1n) is 8.94. The lowest BCUT2D eigenvalue weighted by Gasteiger charge is -2.13. The van der Waals surface area contributed by atoms with Gasteiger partial charge in [0.15, 0.2) is 19.1 Å². The Balaban J connectivity index is 1.84. The van der Waals surface area contributed by atoms with Crippen LogP contribution < -0.4 is 22.2 Å². The van der Waals surface area contributed by atoms with Crippen molar-refractivity contribution in [2.45, 2.75) is 12.5 Å². The van der Waals surface area contributed by atoms with Crippen LogP contribution in [0.3, 0.4) is 0 Å². The smallest absolute Gasteiger partial charge is 0.254 e. The molecule has 28 heavy (non-hydrogen) atoms. The van der Waals surface area contributed by atoms with E-state index in [0.717, 1.165) is 11.4 Å². The van der Waals surface area contributed by atoms with Crippen molar-refractivity contribution in [2.24, 2.45) is 22.4 Å². The van der Waals surface area contributed by atoms with Crippen LogP contribution >= 0.6 is 0 Å². The summed E-state index contributed by atoms with van der Waals surface area (Å²) in [4.78, 5) is 24.9. The maximum absolute atomic E-state index is 11.8. The normalized spacial score (nSPS) is 20.2. The van der Waals surface area contributed by atoms with Crippen LogP contribution in [-0.2, 0) is 4.74 Å². The average molecular weight is 385 g/mol. The van der Waals surface area contributed by atoms with Crippen LogP contribution in [0.1, 0.15) is 16.8 Å². The molecule has 2 atom stereocenters. The van der Waals surface area contributed by atoms with Crippen LogP contribution in [-0.4, -0.2) is 65.8 Å². The van der Waals surface area contributed by atoms with E-state index in [-0.39, 0.29) is 23.3 Å². The number of primary amides is 1. The Kier molecular flexibility index (Phi) is 6.12. The van der Waals surface area contributed by atoms with Gasteiger partial charge in [-0.15, -0.1) is 4.68 Å². The summed E-state index contributed by atoms with van der Waals surface area (Å²) in [5, 5.41) is 3.07. The number of aromatic nitrogens is 2. The molecule has 1 aliphatic heterocycles. The molecule has 1 aliphatic carbocycles. The van der Waals surface area contributed by atoms with Gasteiger partial charge in [-0.05, 0) is 18.6 Å². The Morgan fingerprint density at radius 3 is 3.11 bits per heavy atom. The van der Waals surface area contributed by atoms with Gasteiger partial charge in [0.25, 0.3) is 5.91 Å². The van der Waals surface area contributed by atoms with Gasteiger partial charge in [0, 0.05) is 32.5 Å². The molecule has 0 fully saturated rings. The van der Waals surface area contributed by atoms with E-state index in [1.165, 1.54) is 6.20 Å². The number of aliphatic imine (C=N–C) groups is 1. The van der Waals surface area contributed by atoms with Gasteiger partial charge in [0.2, 0.25) is 5.95 Å². The number of nitrogens with two attached hydrogens (primary N) is 2. The Labute approximate surface area is 163 Å². The van der Waals surface area contributed by atoms with Crippen LogP contribution in [0.2, 0.25) is 0 Å². The fraction of sp³-hybridized carbons (Fsp3) is 0.389. The second kappa shape index (κ2) is 8.72. The number of allylic oxidation sites excluding steroid dienone is 4. The molecular formula is C18H25N8O2+. The van der Waals surface area contributed by atoms with Gasteiger partial charge in [-0.3, -0.25) is 4.79 Å². The molecule has 2 heterocycles. The predicted molar refractivity (Wildman–Crippen MR) is 107 cm³/mol. The topological polar surface area (TPSA) is 144 Å². The number of hydrogen-bond acceptors (Lipinski definition) is 8. The summed E-state index contributed by atoms with van der Waals surface area (Å²) in [7, 11) is 3.54. The van der Waals surface area contributed by atoms with Crippen molar-refractivity contribution < 1.29 is 14.2 Å². The Bertz CT molecular complexity index is 874. The third kappa shape index (κ3) is 4.59. The molecule has 6 N–H and O–H groups in total. The highest BCUT2D eigenvalue weighted by Crippen LogP contribution is 2.23. The summed E-state index contributed by atoms with van der Waals surface area (Å²) in [6, 6.07) is -0.113. The van der Waals surface area contributed by atoms with Crippen molar-refractivity contribution in [3.8, 4) is 0 Å². The van der Waals surface area contributed by atoms with E-state index in [2.05, 4.69) is 25.7 Å². The van der Waals surface area contributed by atoms with Gasteiger partial charge < -0.3 is 21.5 Å². The number of amides is 1. The number of carbonyl (C=O) groups excluding carboxylic acids is 1. The van der Waals surface area contributed by atoms with Gasteiger partial charge in [-0.2, -0.15) is 10.4 Å². The third-order valence-electron chi connectivity index (χ3n) is 4.36. The lowest BCUT2D eigenvalue weighted by Crippen LogP contribution is -2.30. The van der Waals surface area contributed by atoms with Crippen molar-refractivity contribution in [2.75, 3.05) is 32.6 Å². The highest BCUT2D eigenvalue weighted by atomic mass is 16.5. The fourth-order valence-corrected chi connectivity index (χ4v) is 2.88. The van der Waals surface area contributed by atoms with E-state index < -0.39 is 5.91 Å². The SMILES string of the molecule is COCC[C@H](N)CNc1ncc(C(N)=O)c(N=C2C=CC=C3N[N+](C)=CC32)n1. The van der Waals surface area contributed by atoms with Crippen LogP contribution in [0, 0.1) is 5.92 Å². The monoisotopic (exact) mass is 385 g/mol. The maximum Gasteiger partial charge on any atom is 0.254 e. The highest BCUT2D eigenvalue weighted by Gasteiger charge is 2.31. The fourth-order valence-electron chi connectivity index (χ4n) is 2.88. The van der Waals surface area contributed by atoms with Crippen LogP contribution in [0.25, 0.3) is 0 Å². The molecule has 1 amide bonds. The second-order valence-corrected chi connectivity index (χ2v) is 6.58. The van der Waals surface area contributed by atoms with Crippen LogP contribution in [0.5, 0.6) is 0 Å². The van der Waals surface area contributed by atoms with Crippen LogP contribution in [0.4, 0.5) is 11.8 Å². The molecule has 10 nitrogen and oxygen atoms in total. The molecule has 2 aliphatic rings. The molecule has 148 valence electrons. The lowest BCUT2D eigenvalue weighted by molar-refractivity contribution is -0.540. The molecule has 10 heteroatoms. The van der Waals surface area contributed by atoms with E-state index in [1.807, 2.05) is 36.2 Å². The Morgan fingerprint density at radius 2 is 2.36 bits per heavy atom. The first kappa shape index (κ1) is 19.6. The number of fused-ring (bicyclic) bond motifs is 1. The lowest BCUT2D eigenvalue weighted by atomic mass is 9.97. The minimum atomic E-state index is -0.635. The van der Waals surface area contributed by atoms with Crippen molar-refractivity contribution in [1.82, 2.24) is 15.4 Å². The molecule has 3 rings (SSSR count). The zero-order valence-corrected chi connectivity index (χ0v) is 15.9. The number of nitrogens with one attached hydrogen (secondary N) is 2. The summed E-state index contributed by atoms with van der Waals surface area (Å²) < 4.78 is 6.89. The summed E-state index contributed by atoms with van der Waals surface area (Å²) in [6.07, 6.45) is 9.83. The summed E-state index contributed by atoms with van der Waals surface area (Å²) in [6.45, 7) is 1.04. The highest BCUT2D eigenvalue weighted by molar-refractivity contribution is 6.10. The van der Waals surface area contributed by atoms with E-state index in [1.54, 1.807) is 7.11 Å². The number of hydrazone groups is 1. The Hall–Kier alpha value is -3.11. The first-order chi connectivity index (χ1) is 13.5. The molecule has 0 aromatic carbocycles. The molecular weight excluding hydrogens is 360 g/mol. The first-order valence-corrected chi connectivity index (χ1v) is 8.94. The van der Waals surface area contributed by atoms with Crippen molar-refractivity contribution in [1.29, 1.82) is 0 Å². The standard InChI is InChI=1S/C18H24N8O2/c1-26-10-13-14(4-3-5-15(13)25-26)23-17-12(16(20)27)9-22-18(24-17)21-8-11(19)6-7-28-2/h3-5,9-11,13H,6-8,19H2,1-2H3,(H3-,20,21,22,23,24,25,27)/p+1/t11-,13?/m0/s1. The molecule has 1 unspecified atom stereocenters. The zero-order chi connectivity index (χ0) is 20.1. The van der Waals surface area contributed by atoms with Gasteiger partial charge in [0.05, 0.1) is 11.4 Å². The molecule has 0 saturated carbocycles. The van der Waals surface area contributed by atoms with E-state index >= 15 is 0 Å². The molecule has 0 radical (unpaired) electrons. The Morgan fingerprint density at radius 1 is 1.54 bits per heavy atom. The number of rotatable bonds is 8. The van der Waals surface area contributed by atoms with Crippen molar-refractivity contribution in [3.63, 3.8) is 0 Å². The van der Waals surface area contributed by atoms with Gasteiger partial charge in [-0.25, -0.2) is 9.98 Å². The van der Waals surface area contributed by atoms with Gasteiger partial charge in [0.1, 0.15) is 11.5 Å². The molecule has 0 bridgehead atoms. The number of hydrogen-bond donors (Lipinski definition) is 4. The third-order valence-corrected chi connectivity index (χ3v) is 4.36. The number of nitrogens with zero attached hydrogens (tertiary/aromatic N) is 4. The summed E-state index contributed by atoms with van der Waals surface area (Å²) >= 11 is 0. The average Bonchev–Trinajstić information content (AvgIpc) is 3.06. The molecule has 0 saturated heterocycles. The minimum absolute atomic E-state index is 0.0374. The molecule has 0 spiro atoms. The minimum Gasteiger partial charge on any atom is -0.385 e. The van der Waals surface area contributed by atoms with E-state index in [9.17, 15) is 4.79 Å². The predicted octanol–water partition coefficient (Wildman–Crippen LogP) is -0.275. The maximum atomic E-state index is 11.8. The number of methoxy groups -OCH3 is 1. The number of anilines is 1. The van der Waals surface area contributed by atoms with Crippen molar-refractivity contribution in [3.05, 3.63) is 35.7 Å². The van der Waals surface area contributed by atoms with E-state index in [0.29, 0.717) is 25.5 Å². The molecule has 1 aromatic rings. The molecule has 1 aromatic heterocycles.